The van der Waals surface area contributed by atoms with Gasteiger partial charge in [-0.25, -0.2) is 0 Å². The molecule has 2 heterocycles. The summed E-state index contributed by atoms with van der Waals surface area (Å²) in [5, 5.41) is 3.71. The van der Waals surface area contributed by atoms with E-state index in [2.05, 4.69) is 29.0 Å². The minimum atomic E-state index is 0.0582. The lowest BCUT2D eigenvalue weighted by Gasteiger charge is -2.07. The van der Waals surface area contributed by atoms with Crippen molar-refractivity contribution in [2.75, 3.05) is 5.73 Å². The molecule has 0 aliphatic rings. The van der Waals surface area contributed by atoms with E-state index in [0.29, 0.717) is 17.4 Å². The van der Waals surface area contributed by atoms with Crippen molar-refractivity contribution in [3.8, 4) is 11.5 Å². The molecule has 2 N–H and O–H groups in total. The van der Waals surface area contributed by atoms with E-state index in [1.165, 1.54) is 5.56 Å². The maximum Gasteiger partial charge on any atom is 0.319 e. The van der Waals surface area contributed by atoms with E-state index in [0.717, 1.165) is 6.42 Å². The highest BCUT2D eigenvalue weighted by atomic mass is 16.5. The summed E-state index contributed by atoms with van der Waals surface area (Å²) in [6, 6.07) is 3.97. The predicted octanol–water partition coefficient (Wildman–Crippen LogP) is 2.23. The summed E-state index contributed by atoms with van der Waals surface area (Å²) in [7, 11) is 0. The van der Waals surface area contributed by atoms with Gasteiger partial charge in [0.05, 0.1) is 0 Å². The van der Waals surface area contributed by atoms with Crippen LogP contribution in [-0.2, 0) is 0 Å². The average molecular weight is 218 g/mol. The Morgan fingerprint density at radius 3 is 2.75 bits per heavy atom. The smallest absolute Gasteiger partial charge is 0.319 e. The quantitative estimate of drug-likeness (QED) is 0.854. The Morgan fingerprint density at radius 2 is 2.25 bits per heavy atom. The monoisotopic (exact) mass is 218 g/mol. The van der Waals surface area contributed by atoms with Crippen LogP contribution in [0, 0.1) is 0 Å². The number of hydrogen-bond acceptors (Lipinski definition) is 5. The Morgan fingerprint density at radius 1 is 1.44 bits per heavy atom. The van der Waals surface area contributed by atoms with Crippen molar-refractivity contribution in [1.29, 1.82) is 0 Å². The largest absolute Gasteiger partial charge is 0.351 e. The summed E-state index contributed by atoms with van der Waals surface area (Å²) in [6.07, 6.45) is 2.94. The molecule has 5 heteroatoms. The fourth-order valence-corrected chi connectivity index (χ4v) is 1.40. The first-order valence-corrected chi connectivity index (χ1v) is 5.26. The van der Waals surface area contributed by atoms with Crippen LogP contribution in [0.15, 0.2) is 22.9 Å². The lowest BCUT2D eigenvalue weighted by atomic mass is 10.0. The van der Waals surface area contributed by atoms with E-state index in [1.807, 2.05) is 18.3 Å². The van der Waals surface area contributed by atoms with Crippen molar-refractivity contribution in [3.05, 3.63) is 23.9 Å². The molecule has 0 saturated carbocycles. The molecule has 0 spiro atoms. The molecule has 1 unspecified atom stereocenters. The third kappa shape index (κ3) is 2.03. The molecule has 5 nitrogen and oxygen atoms in total. The van der Waals surface area contributed by atoms with Crippen LogP contribution >= 0.6 is 0 Å². The molecule has 2 aromatic rings. The van der Waals surface area contributed by atoms with Crippen molar-refractivity contribution in [2.24, 2.45) is 0 Å². The fraction of sp³-hybridized carbons (Fsp3) is 0.364. The second-order valence-corrected chi connectivity index (χ2v) is 3.74. The van der Waals surface area contributed by atoms with Gasteiger partial charge in [0.25, 0.3) is 0 Å². The van der Waals surface area contributed by atoms with Gasteiger partial charge < -0.3 is 10.3 Å². The predicted molar refractivity (Wildman–Crippen MR) is 60.6 cm³/mol. The highest BCUT2D eigenvalue weighted by molar-refractivity contribution is 5.49. The summed E-state index contributed by atoms with van der Waals surface area (Å²) < 4.78 is 4.69. The summed E-state index contributed by atoms with van der Waals surface area (Å²) >= 11 is 0. The Labute approximate surface area is 93.7 Å². The Bertz CT molecular complexity index is 463. The van der Waals surface area contributed by atoms with Crippen LogP contribution < -0.4 is 5.73 Å². The zero-order chi connectivity index (χ0) is 11.5. The fourth-order valence-electron chi connectivity index (χ4n) is 1.40. The van der Waals surface area contributed by atoms with Gasteiger partial charge in [-0.3, -0.25) is 4.98 Å². The summed E-state index contributed by atoms with van der Waals surface area (Å²) in [6.45, 7) is 4.32. The van der Waals surface area contributed by atoms with Gasteiger partial charge in [-0.05, 0) is 24.0 Å². The van der Waals surface area contributed by atoms with Crippen molar-refractivity contribution in [1.82, 2.24) is 15.1 Å². The van der Waals surface area contributed by atoms with Gasteiger partial charge in [0.1, 0.15) is 5.69 Å². The van der Waals surface area contributed by atoms with Gasteiger partial charge in [-0.2, -0.15) is 4.98 Å². The van der Waals surface area contributed by atoms with Crippen molar-refractivity contribution >= 4 is 6.01 Å². The number of rotatable bonds is 3. The summed E-state index contributed by atoms with van der Waals surface area (Å²) in [5.74, 6) is 0.935. The van der Waals surface area contributed by atoms with Crippen LogP contribution in [0.25, 0.3) is 11.5 Å². The standard InChI is InChI=1S/C11H14N4O/c1-3-7(2)8-4-5-9(13-6-8)10-14-11(12)16-15-10/h4-7H,3H2,1-2H3,(H2,12,14,15). The van der Waals surface area contributed by atoms with Gasteiger partial charge in [0.15, 0.2) is 0 Å². The molecule has 16 heavy (non-hydrogen) atoms. The van der Waals surface area contributed by atoms with Crippen LogP contribution in [0.2, 0.25) is 0 Å². The van der Waals surface area contributed by atoms with Gasteiger partial charge in [-0.1, -0.05) is 25.1 Å². The van der Waals surface area contributed by atoms with Crippen LogP contribution in [-0.4, -0.2) is 15.1 Å². The normalized spacial score (nSPS) is 12.6. The van der Waals surface area contributed by atoms with Crippen molar-refractivity contribution < 1.29 is 4.52 Å². The van der Waals surface area contributed by atoms with Crippen LogP contribution in [0.1, 0.15) is 31.7 Å². The number of hydrogen-bond donors (Lipinski definition) is 1. The molecule has 0 aliphatic heterocycles. The molecule has 0 radical (unpaired) electrons. The molecule has 0 saturated heterocycles. The van der Waals surface area contributed by atoms with Crippen LogP contribution in [0.4, 0.5) is 6.01 Å². The first kappa shape index (κ1) is 10.6. The maximum atomic E-state index is 5.35. The first-order valence-electron chi connectivity index (χ1n) is 5.26. The molecule has 0 fully saturated rings. The van der Waals surface area contributed by atoms with E-state index in [9.17, 15) is 0 Å². The molecule has 0 bridgehead atoms. The molecule has 0 aliphatic carbocycles. The maximum absolute atomic E-state index is 5.35. The SMILES string of the molecule is CCC(C)c1ccc(-c2noc(N)n2)nc1. The molecular weight excluding hydrogens is 204 g/mol. The zero-order valence-corrected chi connectivity index (χ0v) is 9.34. The van der Waals surface area contributed by atoms with E-state index in [4.69, 9.17) is 10.3 Å². The minimum Gasteiger partial charge on any atom is -0.351 e. The van der Waals surface area contributed by atoms with Gasteiger partial charge in [0.2, 0.25) is 5.82 Å². The van der Waals surface area contributed by atoms with Gasteiger partial charge in [0, 0.05) is 6.20 Å². The van der Waals surface area contributed by atoms with E-state index in [-0.39, 0.29) is 6.01 Å². The zero-order valence-electron chi connectivity index (χ0n) is 9.34. The average Bonchev–Trinajstić information content (AvgIpc) is 2.75. The number of nitrogen functional groups attached to an aromatic ring is 1. The first-order chi connectivity index (χ1) is 7.70. The molecule has 0 amide bonds. The van der Waals surface area contributed by atoms with Gasteiger partial charge >= 0.3 is 6.01 Å². The molecule has 84 valence electrons. The number of anilines is 1. The minimum absolute atomic E-state index is 0.0582. The molecule has 2 aromatic heterocycles. The lowest BCUT2D eigenvalue weighted by Crippen LogP contribution is -1.94. The topological polar surface area (TPSA) is 77.8 Å². The third-order valence-corrected chi connectivity index (χ3v) is 2.64. The van der Waals surface area contributed by atoms with Crippen molar-refractivity contribution in [2.45, 2.75) is 26.2 Å². The van der Waals surface area contributed by atoms with Gasteiger partial charge in [-0.15, -0.1) is 0 Å². The number of nitrogens with zero attached hydrogens (tertiary/aromatic N) is 3. The second kappa shape index (κ2) is 4.30. The molecule has 2 rings (SSSR count). The van der Waals surface area contributed by atoms with Crippen LogP contribution in [0.3, 0.4) is 0 Å². The Hall–Kier alpha value is -1.91. The Kier molecular flexibility index (Phi) is 2.85. The molecule has 1 atom stereocenters. The van der Waals surface area contributed by atoms with Crippen molar-refractivity contribution in [3.63, 3.8) is 0 Å². The van der Waals surface area contributed by atoms with E-state index >= 15 is 0 Å². The molecule has 0 aromatic carbocycles. The van der Waals surface area contributed by atoms with E-state index in [1.54, 1.807) is 0 Å². The highest BCUT2D eigenvalue weighted by Crippen LogP contribution is 2.20. The Balaban J connectivity index is 2.25. The van der Waals surface area contributed by atoms with E-state index < -0.39 is 0 Å². The third-order valence-electron chi connectivity index (χ3n) is 2.64. The number of nitrogens with two attached hydrogens (primary N) is 1. The summed E-state index contributed by atoms with van der Waals surface area (Å²) in [4.78, 5) is 8.20. The highest BCUT2D eigenvalue weighted by Gasteiger charge is 2.08. The second-order valence-electron chi connectivity index (χ2n) is 3.74. The lowest BCUT2D eigenvalue weighted by molar-refractivity contribution is 0.436. The summed E-state index contributed by atoms with van der Waals surface area (Å²) in [5.41, 5.74) is 7.23. The molecular formula is C11H14N4O. The number of aromatic nitrogens is 3. The van der Waals surface area contributed by atoms with Crippen LogP contribution in [0.5, 0.6) is 0 Å². The number of pyridine rings is 1.